The molecule has 1 heterocycles. The Morgan fingerprint density at radius 2 is 1.94 bits per heavy atom. The zero-order valence-corrected chi connectivity index (χ0v) is 9.43. The maximum atomic E-state index is 13.0. The second kappa shape index (κ2) is 5.05. The molecule has 0 atom stereocenters. The fourth-order valence-electron chi connectivity index (χ4n) is 1.55. The Kier molecular flexibility index (Phi) is 3.49. The molecule has 0 saturated carbocycles. The van der Waals surface area contributed by atoms with Crippen LogP contribution in [0.2, 0.25) is 0 Å². The van der Waals surface area contributed by atoms with Crippen LogP contribution in [0.5, 0.6) is 0 Å². The molecule has 1 aromatic heterocycles. The molecule has 17 heavy (non-hydrogen) atoms. The molecule has 1 aromatic carbocycles. The fourth-order valence-corrected chi connectivity index (χ4v) is 1.55. The summed E-state index contributed by atoms with van der Waals surface area (Å²) < 4.78 is 26.1. The Morgan fingerprint density at radius 3 is 2.59 bits per heavy atom. The van der Waals surface area contributed by atoms with Crippen molar-refractivity contribution in [2.45, 2.75) is 13.5 Å². The van der Waals surface area contributed by atoms with Gasteiger partial charge in [-0.05, 0) is 18.7 Å². The van der Waals surface area contributed by atoms with Gasteiger partial charge in [0.1, 0.15) is 17.5 Å². The highest BCUT2D eigenvalue weighted by Gasteiger charge is 2.06. The zero-order chi connectivity index (χ0) is 12.3. The third-order valence-electron chi connectivity index (χ3n) is 2.34. The Hall–Kier alpha value is -1.75. The van der Waals surface area contributed by atoms with Gasteiger partial charge in [-0.1, -0.05) is 6.92 Å². The molecule has 0 aliphatic rings. The lowest BCUT2D eigenvalue weighted by atomic mass is 10.1. The zero-order valence-electron chi connectivity index (χ0n) is 9.43. The van der Waals surface area contributed by atoms with Crippen molar-refractivity contribution in [3.05, 3.63) is 41.9 Å². The Morgan fingerprint density at radius 1 is 1.24 bits per heavy atom. The summed E-state index contributed by atoms with van der Waals surface area (Å²) in [7, 11) is 0. The standard InChI is InChI=1S/C12H13F2N3/c1-2-15-7-12-16-6-11(17-12)8-3-9(13)5-10(14)4-8/h3-6,15H,2,7H2,1H3,(H,16,17). The summed E-state index contributed by atoms with van der Waals surface area (Å²) in [6.45, 7) is 3.44. The first-order valence-corrected chi connectivity index (χ1v) is 5.40. The summed E-state index contributed by atoms with van der Waals surface area (Å²) in [6, 6.07) is 3.39. The first kappa shape index (κ1) is 11.7. The number of nitrogens with zero attached hydrogens (tertiary/aromatic N) is 1. The number of imidazole rings is 1. The van der Waals surface area contributed by atoms with E-state index >= 15 is 0 Å². The van der Waals surface area contributed by atoms with E-state index in [1.165, 1.54) is 12.1 Å². The molecule has 0 saturated heterocycles. The van der Waals surface area contributed by atoms with Crippen LogP contribution < -0.4 is 5.32 Å². The van der Waals surface area contributed by atoms with Crippen LogP contribution in [0, 0.1) is 11.6 Å². The fraction of sp³-hybridized carbons (Fsp3) is 0.250. The predicted octanol–water partition coefficient (Wildman–Crippen LogP) is 2.46. The minimum Gasteiger partial charge on any atom is -0.341 e. The molecule has 0 aliphatic carbocycles. The smallest absolute Gasteiger partial charge is 0.126 e. The minimum atomic E-state index is -0.595. The van der Waals surface area contributed by atoms with Crippen LogP contribution in [-0.2, 0) is 6.54 Å². The van der Waals surface area contributed by atoms with Crippen molar-refractivity contribution in [3.63, 3.8) is 0 Å². The molecule has 0 amide bonds. The highest BCUT2D eigenvalue weighted by Crippen LogP contribution is 2.19. The van der Waals surface area contributed by atoms with Crippen LogP contribution in [0.1, 0.15) is 12.7 Å². The number of aromatic amines is 1. The Bertz CT molecular complexity index is 488. The van der Waals surface area contributed by atoms with Crippen LogP contribution >= 0.6 is 0 Å². The van der Waals surface area contributed by atoms with Gasteiger partial charge in [0.15, 0.2) is 0 Å². The number of H-pyrrole nitrogens is 1. The molecule has 0 fully saturated rings. The first-order valence-electron chi connectivity index (χ1n) is 5.40. The summed E-state index contributed by atoms with van der Waals surface area (Å²) in [6.07, 6.45) is 1.57. The van der Waals surface area contributed by atoms with E-state index in [0.717, 1.165) is 18.4 Å². The quantitative estimate of drug-likeness (QED) is 0.857. The molecule has 3 nitrogen and oxygen atoms in total. The maximum Gasteiger partial charge on any atom is 0.126 e. The topological polar surface area (TPSA) is 40.7 Å². The summed E-state index contributed by atoms with van der Waals surface area (Å²) in [5, 5.41) is 3.11. The number of hydrogen-bond donors (Lipinski definition) is 2. The third-order valence-corrected chi connectivity index (χ3v) is 2.34. The minimum absolute atomic E-state index is 0.456. The van der Waals surface area contributed by atoms with Crippen LogP contribution in [0.15, 0.2) is 24.4 Å². The van der Waals surface area contributed by atoms with Crippen molar-refractivity contribution in [2.75, 3.05) is 6.54 Å². The summed E-state index contributed by atoms with van der Waals surface area (Å²) in [4.78, 5) is 7.14. The van der Waals surface area contributed by atoms with Gasteiger partial charge in [-0.3, -0.25) is 0 Å². The largest absolute Gasteiger partial charge is 0.341 e. The second-order valence-electron chi connectivity index (χ2n) is 3.68. The highest BCUT2D eigenvalue weighted by atomic mass is 19.1. The molecular formula is C12H13F2N3. The molecule has 2 aromatic rings. The van der Waals surface area contributed by atoms with Crippen molar-refractivity contribution in [3.8, 4) is 11.3 Å². The van der Waals surface area contributed by atoms with Crippen molar-refractivity contribution in [1.82, 2.24) is 15.3 Å². The molecule has 0 radical (unpaired) electrons. The molecule has 0 spiro atoms. The highest BCUT2D eigenvalue weighted by molar-refractivity contribution is 5.58. The van der Waals surface area contributed by atoms with Crippen LogP contribution in [0.25, 0.3) is 11.3 Å². The van der Waals surface area contributed by atoms with Crippen LogP contribution in [0.3, 0.4) is 0 Å². The average molecular weight is 237 g/mol. The van der Waals surface area contributed by atoms with Gasteiger partial charge in [-0.2, -0.15) is 0 Å². The molecule has 0 aliphatic heterocycles. The number of benzene rings is 1. The molecule has 2 N–H and O–H groups in total. The summed E-state index contributed by atoms with van der Waals surface area (Å²) >= 11 is 0. The van der Waals surface area contributed by atoms with E-state index in [4.69, 9.17) is 0 Å². The maximum absolute atomic E-state index is 13.0. The van der Waals surface area contributed by atoms with Gasteiger partial charge in [-0.25, -0.2) is 13.8 Å². The van der Waals surface area contributed by atoms with Crippen molar-refractivity contribution >= 4 is 0 Å². The molecule has 90 valence electrons. The Balaban J connectivity index is 2.24. The van der Waals surface area contributed by atoms with E-state index in [1.807, 2.05) is 6.92 Å². The van der Waals surface area contributed by atoms with Crippen LogP contribution in [-0.4, -0.2) is 16.5 Å². The Labute approximate surface area is 97.9 Å². The van der Waals surface area contributed by atoms with Gasteiger partial charge < -0.3 is 10.3 Å². The van der Waals surface area contributed by atoms with E-state index < -0.39 is 11.6 Å². The van der Waals surface area contributed by atoms with E-state index in [2.05, 4.69) is 15.3 Å². The van der Waals surface area contributed by atoms with Gasteiger partial charge in [0.2, 0.25) is 0 Å². The van der Waals surface area contributed by atoms with Crippen molar-refractivity contribution in [1.29, 1.82) is 0 Å². The molecule has 0 bridgehead atoms. The van der Waals surface area contributed by atoms with Gasteiger partial charge >= 0.3 is 0 Å². The SMILES string of the molecule is CCNCc1ncc(-c2cc(F)cc(F)c2)[nH]1. The number of rotatable bonds is 4. The van der Waals surface area contributed by atoms with E-state index in [-0.39, 0.29) is 0 Å². The van der Waals surface area contributed by atoms with E-state index in [9.17, 15) is 8.78 Å². The monoisotopic (exact) mass is 237 g/mol. The lowest BCUT2D eigenvalue weighted by Gasteiger charge is -1.99. The first-order chi connectivity index (χ1) is 8.19. The second-order valence-corrected chi connectivity index (χ2v) is 3.68. The van der Waals surface area contributed by atoms with E-state index in [0.29, 0.717) is 17.8 Å². The normalized spacial score (nSPS) is 10.8. The predicted molar refractivity (Wildman–Crippen MR) is 61.3 cm³/mol. The molecule has 5 heteroatoms. The molecular weight excluding hydrogens is 224 g/mol. The summed E-state index contributed by atoms with van der Waals surface area (Å²) in [5.41, 5.74) is 1.06. The van der Waals surface area contributed by atoms with Gasteiger partial charge in [0.25, 0.3) is 0 Å². The lowest BCUT2D eigenvalue weighted by Crippen LogP contribution is -2.12. The number of halogens is 2. The third kappa shape index (κ3) is 2.88. The number of aromatic nitrogens is 2. The van der Waals surface area contributed by atoms with E-state index in [1.54, 1.807) is 6.20 Å². The summed E-state index contributed by atoms with van der Waals surface area (Å²) in [5.74, 6) is -0.447. The van der Waals surface area contributed by atoms with Gasteiger partial charge in [-0.15, -0.1) is 0 Å². The number of nitrogens with one attached hydrogen (secondary N) is 2. The number of hydrogen-bond acceptors (Lipinski definition) is 2. The van der Waals surface area contributed by atoms with Crippen LogP contribution in [0.4, 0.5) is 8.78 Å². The average Bonchev–Trinajstić information content (AvgIpc) is 2.73. The lowest BCUT2D eigenvalue weighted by molar-refractivity contribution is 0.584. The van der Waals surface area contributed by atoms with Gasteiger partial charge in [0.05, 0.1) is 18.4 Å². The van der Waals surface area contributed by atoms with Gasteiger partial charge in [0, 0.05) is 11.6 Å². The van der Waals surface area contributed by atoms with Crippen molar-refractivity contribution < 1.29 is 8.78 Å². The van der Waals surface area contributed by atoms with Crippen molar-refractivity contribution in [2.24, 2.45) is 0 Å². The molecule has 0 unspecified atom stereocenters. The molecule has 2 rings (SSSR count).